The van der Waals surface area contributed by atoms with Crippen LogP contribution in [-0.2, 0) is 4.79 Å². The largest absolute Gasteiger partial charge is 0.573 e. The van der Waals surface area contributed by atoms with Crippen LogP contribution in [0.1, 0.15) is 20.8 Å². The van der Waals surface area contributed by atoms with Crippen LogP contribution in [0.2, 0.25) is 0 Å². The van der Waals surface area contributed by atoms with Gasteiger partial charge in [0, 0.05) is 24.6 Å². The van der Waals surface area contributed by atoms with Crippen LogP contribution < -0.4 is 15.5 Å². The van der Waals surface area contributed by atoms with Crippen molar-refractivity contribution in [1.82, 2.24) is 4.57 Å². The first-order valence-corrected chi connectivity index (χ1v) is 8.02. The second kappa shape index (κ2) is 7.65. The molecule has 0 fully saturated rings. The van der Waals surface area contributed by atoms with E-state index in [1.54, 1.807) is 13.8 Å². The Balaban J connectivity index is 2.52. The van der Waals surface area contributed by atoms with Crippen LogP contribution in [0.5, 0.6) is 5.75 Å². The lowest BCUT2D eigenvalue weighted by Crippen LogP contribution is -2.32. The van der Waals surface area contributed by atoms with Crippen molar-refractivity contribution >= 4 is 17.4 Å². The van der Waals surface area contributed by atoms with Gasteiger partial charge in [-0.25, -0.2) is 0 Å². The minimum absolute atomic E-state index is 0.0651. The monoisotopic (exact) mass is 380 g/mol. The summed E-state index contributed by atoms with van der Waals surface area (Å²) in [7, 11) is 0. The number of hydrogen-bond donors (Lipinski definition) is 3. The number of aromatic nitrogens is 1. The molecule has 0 aliphatic rings. The van der Waals surface area contributed by atoms with Gasteiger partial charge in [0.2, 0.25) is 5.91 Å². The molecule has 0 aliphatic heterocycles. The van der Waals surface area contributed by atoms with Crippen LogP contribution >= 0.6 is 0 Å². The van der Waals surface area contributed by atoms with Crippen LogP contribution in [0.3, 0.4) is 0 Å². The molecule has 0 saturated heterocycles. The number of alkyl halides is 3. The summed E-state index contributed by atoms with van der Waals surface area (Å²) < 4.78 is 42.1. The number of nitrogens with zero attached hydrogens (tertiary/aromatic N) is 1. The van der Waals surface area contributed by atoms with E-state index < -0.39 is 6.36 Å². The Kier molecular flexibility index (Phi) is 5.72. The lowest BCUT2D eigenvalue weighted by molar-refractivity contribution is -0.274. The topological polar surface area (TPSA) is 91.0 Å². The number of benzene rings is 1. The van der Waals surface area contributed by atoms with Crippen molar-refractivity contribution < 1.29 is 22.7 Å². The third-order valence-corrected chi connectivity index (χ3v) is 3.60. The van der Waals surface area contributed by atoms with Crippen molar-refractivity contribution in [2.75, 3.05) is 5.32 Å². The predicted molar refractivity (Wildman–Crippen MR) is 94.7 cm³/mol. The van der Waals surface area contributed by atoms with Gasteiger partial charge >= 0.3 is 6.36 Å². The maximum Gasteiger partial charge on any atom is 0.573 e. The maximum atomic E-state index is 12.3. The number of nitrogens with one attached hydrogen (secondary N) is 3. The molecule has 0 saturated carbocycles. The van der Waals surface area contributed by atoms with Gasteiger partial charge < -0.3 is 10.1 Å². The van der Waals surface area contributed by atoms with Crippen molar-refractivity contribution in [3.8, 4) is 16.9 Å². The first-order chi connectivity index (χ1) is 12.5. The van der Waals surface area contributed by atoms with E-state index in [-0.39, 0.29) is 34.6 Å². The minimum atomic E-state index is -4.78. The average molecular weight is 380 g/mol. The Morgan fingerprint density at radius 3 is 2.26 bits per heavy atom. The maximum absolute atomic E-state index is 12.3. The summed E-state index contributed by atoms with van der Waals surface area (Å²) in [5, 5.41) is 18.9. The molecule has 9 heteroatoms. The summed E-state index contributed by atoms with van der Waals surface area (Å²) in [5.41, 5.74) is 1.20. The molecule has 27 heavy (non-hydrogen) atoms. The van der Waals surface area contributed by atoms with Crippen molar-refractivity contribution in [1.29, 1.82) is 10.8 Å². The SMILES string of the molecule is CC(=O)Nc1cc(-c2ccc(OC(F)(F)F)cc2)cn(C(=N)C(C)C)c1=N. The highest BCUT2D eigenvalue weighted by Crippen LogP contribution is 2.27. The molecule has 1 aromatic carbocycles. The van der Waals surface area contributed by atoms with Gasteiger partial charge in [0.25, 0.3) is 0 Å². The molecule has 3 N–H and O–H groups in total. The van der Waals surface area contributed by atoms with E-state index >= 15 is 0 Å². The number of anilines is 1. The van der Waals surface area contributed by atoms with Crippen molar-refractivity contribution in [3.05, 3.63) is 42.0 Å². The highest BCUT2D eigenvalue weighted by atomic mass is 19.4. The molecular weight excluding hydrogens is 361 g/mol. The third kappa shape index (κ3) is 5.19. The molecule has 0 bridgehead atoms. The number of carbonyl (C=O) groups excluding carboxylic acids is 1. The van der Waals surface area contributed by atoms with Crippen LogP contribution in [0.15, 0.2) is 36.5 Å². The number of halogens is 3. The Labute approximate surface area is 153 Å². The first kappa shape index (κ1) is 20.2. The fourth-order valence-corrected chi connectivity index (χ4v) is 2.35. The quantitative estimate of drug-likeness (QED) is 0.553. The molecule has 1 amide bonds. The Morgan fingerprint density at radius 1 is 1.19 bits per heavy atom. The lowest BCUT2D eigenvalue weighted by Gasteiger charge is -2.17. The van der Waals surface area contributed by atoms with E-state index in [0.29, 0.717) is 11.1 Å². The Morgan fingerprint density at radius 2 is 1.78 bits per heavy atom. The second-order valence-corrected chi connectivity index (χ2v) is 6.15. The molecule has 1 aromatic heterocycles. The number of rotatable bonds is 4. The van der Waals surface area contributed by atoms with Gasteiger partial charge in [0.1, 0.15) is 11.6 Å². The van der Waals surface area contributed by atoms with Crippen molar-refractivity contribution in [3.63, 3.8) is 0 Å². The molecule has 0 spiro atoms. The summed E-state index contributed by atoms with van der Waals surface area (Å²) in [6, 6.07) is 6.75. The van der Waals surface area contributed by atoms with Crippen LogP contribution in [0.4, 0.5) is 18.9 Å². The average Bonchev–Trinajstić information content (AvgIpc) is 2.55. The van der Waals surface area contributed by atoms with E-state index in [1.165, 1.54) is 48.0 Å². The second-order valence-electron chi connectivity index (χ2n) is 6.15. The molecule has 0 aliphatic carbocycles. The first-order valence-electron chi connectivity index (χ1n) is 8.02. The summed E-state index contributed by atoms with van der Waals surface area (Å²) in [4.78, 5) is 11.4. The zero-order valence-electron chi connectivity index (χ0n) is 14.9. The molecule has 0 unspecified atom stereocenters. The van der Waals surface area contributed by atoms with E-state index in [1.807, 2.05) is 0 Å². The summed E-state index contributed by atoms with van der Waals surface area (Å²) in [5.74, 6) is -0.766. The molecule has 1 heterocycles. The number of ether oxygens (including phenoxy) is 1. The molecule has 0 radical (unpaired) electrons. The van der Waals surface area contributed by atoms with Crippen LogP contribution in [0, 0.1) is 16.7 Å². The van der Waals surface area contributed by atoms with Crippen LogP contribution in [-0.4, -0.2) is 22.7 Å². The number of amides is 1. The molecule has 6 nitrogen and oxygen atoms in total. The zero-order chi connectivity index (χ0) is 20.4. The Hall–Kier alpha value is -3.10. The molecule has 2 aromatic rings. The molecule has 2 rings (SSSR count). The van der Waals surface area contributed by atoms with Gasteiger partial charge in [0.05, 0.1) is 5.69 Å². The standard InChI is InChI=1S/C18H19F3N4O2/c1-10(2)16(22)25-9-13(8-15(17(25)23)24-11(3)26)12-4-6-14(7-5-12)27-18(19,20)21/h4-10,22-23H,1-3H3,(H,24,26). The smallest absolute Gasteiger partial charge is 0.406 e. The van der Waals surface area contributed by atoms with Gasteiger partial charge in [-0.05, 0) is 23.8 Å². The minimum Gasteiger partial charge on any atom is -0.406 e. The molecular formula is C18H19F3N4O2. The number of carbonyl (C=O) groups is 1. The predicted octanol–water partition coefficient (Wildman–Crippen LogP) is 3.97. The van der Waals surface area contributed by atoms with Crippen molar-refractivity contribution in [2.24, 2.45) is 5.92 Å². The highest BCUT2D eigenvalue weighted by molar-refractivity contribution is 5.91. The van der Waals surface area contributed by atoms with E-state index in [0.717, 1.165) is 0 Å². The lowest BCUT2D eigenvalue weighted by atomic mass is 10.1. The van der Waals surface area contributed by atoms with E-state index in [9.17, 15) is 18.0 Å². The fourth-order valence-electron chi connectivity index (χ4n) is 2.35. The summed E-state index contributed by atoms with van der Waals surface area (Å²) in [6.07, 6.45) is -3.24. The van der Waals surface area contributed by atoms with Crippen molar-refractivity contribution in [2.45, 2.75) is 27.1 Å². The summed E-state index contributed by atoms with van der Waals surface area (Å²) in [6.45, 7) is 4.89. The highest BCUT2D eigenvalue weighted by Gasteiger charge is 2.31. The van der Waals surface area contributed by atoms with Gasteiger partial charge in [-0.15, -0.1) is 13.2 Å². The van der Waals surface area contributed by atoms with Gasteiger partial charge in [0.15, 0.2) is 5.49 Å². The molecule has 144 valence electrons. The van der Waals surface area contributed by atoms with Gasteiger partial charge in [-0.3, -0.25) is 20.2 Å². The fraction of sp³-hybridized carbons (Fsp3) is 0.278. The van der Waals surface area contributed by atoms with Gasteiger partial charge in [-0.2, -0.15) is 0 Å². The number of pyridine rings is 1. The zero-order valence-corrected chi connectivity index (χ0v) is 14.9. The van der Waals surface area contributed by atoms with Gasteiger partial charge in [-0.1, -0.05) is 26.0 Å². The van der Waals surface area contributed by atoms with E-state index in [4.69, 9.17) is 10.8 Å². The normalized spacial score (nSPS) is 11.4. The summed E-state index contributed by atoms with van der Waals surface area (Å²) >= 11 is 0. The van der Waals surface area contributed by atoms with Crippen LogP contribution in [0.25, 0.3) is 11.1 Å². The van der Waals surface area contributed by atoms with E-state index in [2.05, 4.69) is 10.1 Å². The molecule has 0 atom stereocenters. The third-order valence-electron chi connectivity index (χ3n) is 3.60. The Bertz CT molecular complexity index is 916. The number of hydrogen-bond acceptors (Lipinski definition) is 4.